The highest BCUT2D eigenvalue weighted by Gasteiger charge is 2.35. The topological polar surface area (TPSA) is 28.2 Å². The van der Waals surface area contributed by atoms with Crippen LogP contribution in [0.15, 0.2) is 36.7 Å². The van der Waals surface area contributed by atoms with Crippen molar-refractivity contribution in [1.82, 2.24) is 9.27 Å². The molecule has 2 aromatic rings. The summed E-state index contributed by atoms with van der Waals surface area (Å²) in [6.45, 7) is 8.06. The number of nitrogens with one attached hydrogen (secondary N) is 1. The van der Waals surface area contributed by atoms with Gasteiger partial charge < -0.3 is 10.2 Å². The zero-order valence-corrected chi connectivity index (χ0v) is 12.3. The number of hydrogen-bond donors (Lipinski definition) is 1. The molecule has 1 atom stereocenters. The average molecular weight is 285 g/mol. The van der Waals surface area contributed by atoms with E-state index in [9.17, 15) is 0 Å². The van der Waals surface area contributed by atoms with E-state index in [1.807, 2.05) is 6.20 Å². The lowest BCUT2D eigenvalue weighted by Crippen LogP contribution is -2.48. The number of piperidine rings is 3. The molecule has 3 aliphatic rings. The predicted octanol–water partition coefficient (Wildman–Crippen LogP) is 3.56. The van der Waals surface area contributed by atoms with E-state index in [4.69, 9.17) is 0 Å². The Morgan fingerprint density at radius 2 is 2.20 bits per heavy atom. The van der Waals surface area contributed by atoms with Crippen molar-refractivity contribution in [2.24, 2.45) is 11.8 Å². The van der Waals surface area contributed by atoms with Gasteiger partial charge in [0.25, 0.3) is 0 Å². The third kappa shape index (κ3) is 2.03. The first-order valence-electron chi connectivity index (χ1n) is 7.33. The Hall–Kier alpha value is -1.39. The molecular formula is C16H19N3S. The van der Waals surface area contributed by atoms with Gasteiger partial charge >= 0.3 is 0 Å². The van der Waals surface area contributed by atoms with Gasteiger partial charge in [-0.15, -0.1) is 0 Å². The van der Waals surface area contributed by atoms with Crippen molar-refractivity contribution in [2.75, 3.05) is 25.0 Å². The summed E-state index contributed by atoms with van der Waals surface area (Å²) in [5, 5.41) is 4.78. The molecule has 3 fully saturated rings. The van der Waals surface area contributed by atoms with Gasteiger partial charge in [-0.3, -0.25) is 0 Å². The molecule has 0 amide bonds. The number of anilines is 1. The molecule has 0 radical (unpaired) electrons. The van der Waals surface area contributed by atoms with Crippen LogP contribution in [0.3, 0.4) is 0 Å². The molecule has 1 N–H and O–H groups in total. The van der Waals surface area contributed by atoms with Crippen LogP contribution in [-0.4, -0.2) is 28.9 Å². The second-order valence-electron chi connectivity index (χ2n) is 5.94. The molecule has 1 aromatic heterocycles. The maximum Gasteiger partial charge on any atom is 0.0784 e. The van der Waals surface area contributed by atoms with Crippen molar-refractivity contribution in [3.05, 3.63) is 36.7 Å². The van der Waals surface area contributed by atoms with Crippen molar-refractivity contribution in [3.8, 4) is 0 Å². The molecule has 0 aliphatic carbocycles. The third-order valence-electron chi connectivity index (χ3n) is 4.78. The Balaban J connectivity index is 1.57. The van der Waals surface area contributed by atoms with Gasteiger partial charge in [-0.05, 0) is 49.4 Å². The SMILES string of the molecule is C=C(Nc1cccc2cnsc12)C1CN2CCC1CC2. The van der Waals surface area contributed by atoms with Gasteiger partial charge in [0.05, 0.1) is 10.4 Å². The zero-order valence-electron chi connectivity index (χ0n) is 11.5. The van der Waals surface area contributed by atoms with Crippen LogP contribution >= 0.6 is 11.5 Å². The smallest absolute Gasteiger partial charge is 0.0784 e. The van der Waals surface area contributed by atoms with Gasteiger partial charge in [-0.1, -0.05) is 18.7 Å². The summed E-state index contributed by atoms with van der Waals surface area (Å²) in [5.41, 5.74) is 2.34. The maximum atomic E-state index is 4.33. The van der Waals surface area contributed by atoms with Gasteiger partial charge in [0.2, 0.25) is 0 Å². The standard InChI is InChI=1S/C16H19N3S/c1-11(14-10-19-7-5-12(14)6-8-19)18-15-4-2-3-13-9-17-20-16(13)15/h2-4,9,12,14,18H,1,5-8,10H2. The van der Waals surface area contributed by atoms with E-state index in [1.165, 1.54) is 48.3 Å². The molecule has 3 saturated heterocycles. The van der Waals surface area contributed by atoms with Gasteiger partial charge in [0, 0.05) is 29.7 Å². The molecule has 5 rings (SSSR count). The number of hydrogen-bond acceptors (Lipinski definition) is 4. The van der Waals surface area contributed by atoms with Crippen molar-refractivity contribution < 1.29 is 0 Å². The normalized spacial score (nSPS) is 28.7. The molecular weight excluding hydrogens is 266 g/mol. The lowest BCUT2D eigenvalue weighted by atomic mass is 9.77. The molecule has 0 spiro atoms. The van der Waals surface area contributed by atoms with Crippen molar-refractivity contribution in [2.45, 2.75) is 12.8 Å². The lowest BCUT2D eigenvalue weighted by Gasteiger charge is -2.45. The monoisotopic (exact) mass is 285 g/mol. The van der Waals surface area contributed by atoms with Crippen LogP contribution in [0.1, 0.15) is 12.8 Å². The fraction of sp³-hybridized carbons (Fsp3) is 0.438. The molecule has 4 heteroatoms. The van der Waals surface area contributed by atoms with Crippen LogP contribution in [0.5, 0.6) is 0 Å². The Kier molecular flexibility index (Phi) is 3.00. The number of nitrogens with zero attached hydrogens (tertiary/aromatic N) is 2. The number of aromatic nitrogens is 1. The third-order valence-corrected chi connectivity index (χ3v) is 5.63. The molecule has 3 nitrogen and oxygen atoms in total. The first-order chi connectivity index (χ1) is 9.81. The number of rotatable bonds is 3. The van der Waals surface area contributed by atoms with Crippen LogP contribution in [0, 0.1) is 11.8 Å². The van der Waals surface area contributed by atoms with Gasteiger partial charge in [0.15, 0.2) is 0 Å². The Bertz CT molecular complexity index is 640. The number of fused-ring (bicyclic) bond motifs is 4. The highest BCUT2D eigenvalue weighted by Crippen LogP contribution is 2.37. The first kappa shape index (κ1) is 12.4. The quantitative estimate of drug-likeness (QED) is 0.934. The summed E-state index contributed by atoms with van der Waals surface area (Å²) < 4.78 is 5.52. The summed E-state index contributed by atoms with van der Waals surface area (Å²) in [6, 6.07) is 6.33. The minimum absolute atomic E-state index is 0.598. The van der Waals surface area contributed by atoms with Crippen LogP contribution < -0.4 is 5.32 Å². The molecule has 1 aromatic carbocycles. The summed E-state index contributed by atoms with van der Waals surface area (Å²) in [5.74, 6) is 1.42. The van der Waals surface area contributed by atoms with Gasteiger partial charge in [-0.2, -0.15) is 4.37 Å². The minimum atomic E-state index is 0.598. The van der Waals surface area contributed by atoms with E-state index in [-0.39, 0.29) is 0 Å². The fourth-order valence-corrected chi connectivity index (χ4v) is 4.33. The summed E-state index contributed by atoms with van der Waals surface area (Å²) in [4.78, 5) is 2.57. The molecule has 2 bridgehead atoms. The maximum absolute atomic E-state index is 4.33. The summed E-state index contributed by atoms with van der Waals surface area (Å²) >= 11 is 1.55. The molecule has 0 saturated carbocycles. The zero-order chi connectivity index (χ0) is 13.5. The molecule has 20 heavy (non-hydrogen) atoms. The van der Waals surface area contributed by atoms with Crippen molar-refractivity contribution >= 4 is 27.3 Å². The Labute approximate surface area is 123 Å². The van der Waals surface area contributed by atoms with Gasteiger partial charge in [0.1, 0.15) is 0 Å². The summed E-state index contributed by atoms with van der Waals surface area (Å²) in [7, 11) is 0. The molecule has 1 unspecified atom stereocenters. The molecule has 3 aliphatic heterocycles. The van der Waals surface area contributed by atoms with E-state index in [0.29, 0.717) is 5.92 Å². The Morgan fingerprint density at radius 1 is 1.35 bits per heavy atom. The number of benzene rings is 1. The van der Waals surface area contributed by atoms with Crippen LogP contribution in [-0.2, 0) is 0 Å². The highest BCUT2D eigenvalue weighted by molar-refractivity contribution is 7.14. The summed E-state index contributed by atoms with van der Waals surface area (Å²) in [6.07, 6.45) is 4.59. The van der Waals surface area contributed by atoms with E-state index >= 15 is 0 Å². The molecule has 4 heterocycles. The van der Waals surface area contributed by atoms with Crippen LogP contribution in [0.4, 0.5) is 5.69 Å². The largest absolute Gasteiger partial charge is 0.358 e. The lowest BCUT2D eigenvalue weighted by molar-refractivity contribution is 0.0691. The average Bonchev–Trinajstić information content (AvgIpc) is 2.98. The first-order valence-corrected chi connectivity index (χ1v) is 8.10. The van der Waals surface area contributed by atoms with E-state index in [1.54, 1.807) is 11.5 Å². The predicted molar refractivity (Wildman–Crippen MR) is 85.0 cm³/mol. The van der Waals surface area contributed by atoms with E-state index < -0.39 is 0 Å². The minimum Gasteiger partial charge on any atom is -0.358 e. The fourth-order valence-electron chi connectivity index (χ4n) is 3.62. The molecule has 104 valence electrons. The Morgan fingerprint density at radius 3 is 2.95 bits per heavy atom. The van der Waals surface area contributed by atoms with Crippen molar-refractivity contribution in [1.29, 1.82) is 0 Å². The van der Waals surface area contributed by atoms with Gasteiger partial charge in [-0.25, -0.2) is 0 Å². The van der Waals surface area contributed by atoms with E-state index in [2.05, 4.69) is 39.4 Å². The second kappa shape index (κ2) is 4.86. The van der Waals surface area contributed by atoms with Crippen molar-refractivity contribution in [3.63, 3.8) is 0 Å². The van der Waals surface area contributed by atoms with Crippen LogP contribution in [0.2, 0.25) is 0 Å². The highest BCUT2D eigenvalue weighted by atomic mass is 32.1. The van der Waals surface area contributed by atoms with E-state index in [0.717, 1.165) is 11.6 Å². The van der Waals surface area contributed by atoms with Crippen LogP contribution in [0.25, 0.3) is 10.1 Å². The second-order valence-corrected chi connectivity index (χ2v) is 6.75.